The fraction of sp³-hybridized carbons (Fsp3) is 0.0714. The summed E-state index contributed by atoms with van der Waals surface area (Å²) in [5, 5.41) is 4.72. The second-order valence-electron chi connectivity index (χ2n) is 4.12. The molecule has 2 nitrogen and oxygen atoms in total. The maximum atomic E-state index is 12.4. The van der Waals surface area contributed by atoms with Gasteiger partial charge in [-0.3, -0.25) is 5.43 Å². The van der Waals surface area contributed by atoms with Crippen LogP contribution in [0.15, 0.2) is 47.6 Å². The number of halogens is 5. The minimum Gasteiger partial charge on any atom is -0.278 e. The van der Waals surface area contributed by atoms with E-state index in [1.165, 1.54) is 18.3 Å². The van der Waals surface area contributed by atoms with Crippen LogP contribution in [0, 0.1) is 0 Å². The second kappa shape index (κ2) is 6.37. The Kier molecular flexibility index (Phi) is 4.75. The molecule has 0 heterocycles. The van der Waals surface area contributed by atoms with Crippen molar-refractivity contribution in [3.8, 4) is 0 Å². The number of anilines is 1. The fourth-order valence-corrected chi connectivity index (χ4v) is 1.80. The van der Waals surface area contributed by atoms with E-state index in [0.29, 0.717) is 21.3 Å². The van der Waals surface area contributed by atoms with Crippen LogP contribution in [0.1, 0.15) is 11.1 Å². The highest BCUT2D eigenvalue weighted by Crippen LogP contribution is 2.29. The van der Waals surface area contributed by atoms with Crippen LogP contribution in [0.3, 0.4) is 0 Å². The molecular formula is C14H9Cl2F3N2. The Labute approximate surface area is 129 Å². The quantitative estimate of drug-likeness (QED) is 0.585. The van der Waals surface area contributed by atoms with E-state index in [9.17, 15) is 13.2 Å². The summed E-state index contributed by atoms with van der Waals surface area (Å²) in [7, 11) is 0. The highest BCUT2D eigenvalue weighted by atomic mass is 35.5. The van der Waals surface area contributed by atoms with Gasteiger partial charge in [-0.15, -0.1) is 0 Å². The highest BCUT2D eigenvalue weighted by Gasteiger charge is 2.29. The predicted molar refractivity (Wildman–Crippen MR) is 79.1 cm³/mol. The third kappa shape index (κ3) is 4.37. The molecule has 7 heteroatoms. The molecule has 0 fully saturated rings. The molecule has 2 aromatic carbocycles. The SMILES string of the molecule is FC(F)(F)c1ccc(/C=N/Nc2ccc(Cl)c(Cl)c2)cc1. The van der Waals surface area contributed by atoms with Crippen molar-refractivity contribution in [3.63, 3.8) is 0 Å². The topological polar surface area (TPSA) is 24.4 Å². The van der Waals surface area contributed by atoms with Crippen molar-refractivity contribution in [2.45, 2.75) is 6.18 Å². The Morgan fingerprint density at radius 1 is 0.952 bits per heavy atom. The minimum atomic E-state index is -4.34. The lowest BCUT2D eigenvalue weighted by Crippen LogP contribution is -2.04. The Hall–Kier alpha value is -1.72. The molecular weight excluding hydrogens is 324 g/mol. The predicted octanol–water partition coefficient (Wildman–Crippen LogP) is 5.46. The molecule has 110 valence electrons. The monoisotopic (exact) mass is 332 g/mol. The van der Waals surface area contributed by atoms with Crippen molar-refractivity contribution in [2.24, 2.45) is 5.10 Å². The number of nitrogens with one attached hydrogen (secondary N) is 1. The van der Waals surface area contributed by atoms with Crippen LogP contribution >= 0.6 is 23.2 Å². The third-order valence-corrected chi connectivity index (χ3v) is 3.30. The van der Waals surface area contributed by atoms with Gasteiger partial charge in [0.2, 0.25) is 0 Å². The lowest BCUT2D eigenvalue weighted by Gasteiger charge is -2.06. The first kappa shape index (κ1) is 15.7. The van der Waals surface area contributed by atoms with E-state index in [4.69, 9.17) is 23.2 Å². The summed E-state index contributed by atoms with van der Waals surface area (Å²) in [6.45, 7) is 0. The highest BCUT2D eigenvalue weighted by molar-refractivity contribution is 6.42. The molecule has 0 atom stereocenters. The average Bonchev–Trinajstić information content (AvgIpc) is 2.42. The van der Waals surface area contributed by atoms with Crippen molar-refractivity contribution in [1.82, 2.24) is 0 Å². The van der Waals surface area contributed by atoms with Crippen molar-refractivity contribution >= 4 is 35.1 Å². The number of hydrogen-bond acceptors (Lipinski definition) is 2. The van der Waals surface area contributed by atoms with Gasteiger partial charge in [-0.1, -0.05) is 35.3 Å². The largest absolute Gasteiger partial charge is 0.416 e. The third-order valence-electron chi connectivity index (χ3n) is 2.56. The Morgan fingerprint density at radius 3 is 2.19 bits per heavy atom. The first-order valence-electron chi connectivity index (χ1n) is 5.77. The van der Waals surface area contributed by atoms with Crippen LogP contribution in [0.5, 0.6) is 0 Å². The summed E-state index contributed by atoms with van der Waals surface area (Å²) in [4.78, 5) is 0. The van der Waals surface area contributed by atoms with Gasteiger partial charge >= 0.3 is 6.18 Å². The Morgan fingerprint density at radius 2 is 1.62 bits per heavy atom. The maximum Gasteiger partial charge on any atom is 0.416 e. The van der Waals surface area contributed by atoms with E-state index in [0.717, 1.165) is 12.1 Å². The van der Waals surface area contributed by atoms with E-state index in [1.807, 2.05) is 0 Å². The summed E-state index contributed by atoms with van der Waals surface area (Å²) < 4.78 is 37.2. The lowest BCUT2D eigenvalue weighted by atomic mass is 10.1. The first-order valence-corrected chi connectivity index (χ1v) is 6.53. The summed E-state index contributed by atoms with van der Waals surface area (Å²) in [6.07, 6.45) is -2.93. The van der Waals surface area contributed by atoms with Gasteiger partial charge in [-0.25, -0.2) is 0 Å². The molecule has 0 amide bonds. The van der Waals surface area contributed by atoms with E-state index in [2.05, 4.69) is 10.5 Å². The van der Waals surface area contributed by atoms with Gasteiger partial charge in [0, 0.05) is 0 Å². The summed E-state index contributed by atoms with van der Waals surface area (Å²) in [5.74, 6) is 0. The maximum absolute atomic E-state index is 12.4. The van der Waals surface area contributed by atoms with Gasteiger partial charge < -0.3 is 0 Å². The van der Waals surface area contributed by atoms with Crippen LogP contribution in [-0.2, 0) is 6.18 Å². The van der Waals surface area contributed by atoms with Crippen LogP contribution in [0.25, 0.3) is 0 Å². The molecule has 0 unspecified atom stereocenters. The molecule has 21 heavy (non-hydrogen) atoms. The van der Waals surface area contributed by atoms with Gasteiger partial charge in [0.25, 0.3) is 0 Å². The van der Waals surface area contributed by atoms with E-state index >= 15 is 0 Å². The molecule has 0 saturated heterocycles. The standard InChI is InChI=1S/C14H9Cl2F3N2/c15-12-6-5-11(7-13(12)16)21-20-8-9-1-3-10(4-2-9)14(17,18)19/h1-8,21H/b20-8+. The number of rotatable bonds is 3. The summed E-state index contributed by atoms with van der Waals surface area (Å²) in [6, 6.07) is 9.55. The smallest absolute Gasteiger partial charge is 0.278 e. The number of hydrogen-bond donors (Lipinski definition) is 1. The van der Waals surface area contributed by atoms with E-state index in [-0.39, 0.29) is 0 Å². The van der Waals surface area contributed by atoms with Crippen LogP contribution in [-0.4, -0.2) is 6.21 Å². The zero-order chi connectivity index (χ0) is 15.5. The number of benzene rings is 2. The number of alkyl halides is 3. The normalized spacial score (nSPS) is 11.9. The molecule has 2 aromatic rings. The minimum absolute atomic E-state index is 0.381. The molecule has 0 spiro atoms. The van der Waals surface area contributed by atoms with Gasteiger partial charge in [-0.2, -0.15) is 18.3 Å². The molecule has 0 aliphatic heterocycles. The van der Waals surface area contributed by atoms with Crippen molar-refractivity contribution < 1.29 is 13.2 Å². The number of hydrazone groups is 1. The fourth-order valence-electron chi connectivity index (χ4n) is 1.51. The van der Waals surface area contributed by atoms with E-state index < -0.39 is 11.7 Å². The molecule has 2 rings (SSSR count). The van der Waals surface area contributed by atoms with Crippen LogP contribution < -0.4 is 5.43 Å². The van der Waals surface area contributed by atoms with Crippen molar-refractivity contribution in [2.75, 3.05) is 5.43 Å². The van der Waals surface area contributed by atoms with Gasteiger partial charge in [0.1, 0.15) is 0 Å². The lowest BCUT2D eigenvalue weighted by molar-refractivity contribution is -0.137. The van der Waals surface area contributed by atoms with Crippen molar-refractivity contribution in [3.05, 3.63) is 63.6 Å². The van der Waals surface area contributed by atoms with Gasteiger partial charge in [0.15, 0.2) is 0 Å². The average molecular weight is 333 g/mol. The molecule has 0 radical (unpaired) electrons. The molecule has 0 aliphatic rings. The molecule has 0 aliphatic carbocycles. The molecule has 0 aromatic heterocycles. The Bertz CT molecular complexity index is 652. The van der Waals surface area contributed by atoms with Gasteiger partial charge in [-0.05, 0) is 35.9 Å². The van der Waals surface area contributed by atoms with E-state index in [1.54, 1.807) is 18.2 Å². The summed E-state index contributed by atoms with van der Waals surface area (Å²) in [5.41, 5.74) is 3.17. The summed E-state index contributed by atoms with van der Waals surface area (Å²) >= 11 is 11.6. The first-order chi connectivity index (χ1) is 9.86. The molecule has 1 N–H and O–H groups in total. The van der Waals surface area contributed by atoms with Gasteiger partial charge in [0.05, 0.1) is 27.5 Å². The zero-order valence-corrected chi connectivity index (χ0v) is 12.0. The van der Waals surface area contributed by atoms with Crippen LogP contribution in [0.2, 0.25) is 10.0 Å². The number of nitrogens with zero attached hydrogens (tertiary/aromatic N) is 1. The van der Waals surface area contributed by atoms with Crippen LogP contribution in [0.4, 0.5) is 18.9 Å². The molecule has 0 bridgehead atoms. The van der Waals surface area contributed by atoms with Crippen molar-refractivity contribution in [1.29, 1.82) is 0 Å². The zero-order valence-electron chi connectivity index (χ0n) is 10.5. The Balaban J connectivity index is 2.02. The second-order valence-corrected chi connectivity index (χ2v) is 4.93. The molecule has 0 saturated carbocycles.